The molecule has 0 aliphatic carbocycles. The van der Waals surface area contributed by atoms with Crippen LogP contribution >= 0.6 is 0 Å². The Hall–Kier alpha value is -1.47. The van der Waals surface area contributed by atoms with Crippen LogP contribution < -0.4 is 11.1 Å². The predicted molar refractivity (Wildman–Crippen MR) is 76.2 cm³/mol. The van der Waals surface area contributed by atoms with Crippen molar-refractivity contribution in [1.82, 2.24) is 20.3 Å². The highest BCUT2D eigenvalue weighted by molar-refractivity contribution is 5.79. The molecule has 114 valence electrons. The Labute approximate surface area is 119 Å². The van der Waals surface area contributed by atoms with Gasteiger partial charge < -0.3 is 15.8 Å². The van der Waals surface area contributed by atoms with Crippen molar-refractivity contribution in [2.24, 2.45) is 5.73 Å². The fraction of sp³-hybridized carbons (Fsp3) is 0.769. The minimum atomic E-state index is -0.353. The van der Waals surface area contributed by atoms with Gasteiger partial charge in [-0.05, 0) is 39.2 Å². The number of ether oxygens (including phenoxy) is 1. The average molecular weight is 283 g/mol. The van der Waals surface area contributed by atoms with Gasteiger partial charge in [0.1, 0.15) is 6.04 Å². The summed E-state index contributed by atoms with van der Waals surface area (Å²) >= 11 is 0. The van der Waals surface area contributed by atoms with Crippen LogP contribution in [0.2, 0.25) is 0 Å². The normalized spacial score (nSPS) is 12.3. The van der Waals surface area contributed by atoms with E-state index in [1.807, 2.05) is 13.1 Å². The summed E-state index contributed by atoms with van der Waals surface area (Å²) in [5.74, 6) is -0.0560. The van der Waals surface area contributed by atoms with Gasteiger partial charge in [-0.1, -0.05) is 5.21 Å². The van der Waals surface area contributed by atoms with Crippen LogP contribution in [0.3, 0.4) is 0 Å². The number of nitrogens with zero attached hydrogens (tertiary/aromatic N) is 3. The smallest absolute Gasteiger partial charge is 0.244 e. The highest BCUT2D eigenvalue weighted by atomic mass is 16.5. The van der Waals surface area contributed by atoms with Crippen molar-refractivity contribution in [1.29, 1.82) is 0 Å². The monoisotopic (exact) mass is 283 g/mol. The minimum absolute atomic E-state index is 0.0560. The maximum Gasteiger partial charge on any atom is 0.244 e. The number of aryl methyl sites for hydroxylation is 1. The molecule has 1 amide bonds. The van der Waals surface area contributed by atoms with Crippen molar-refractivity contribution in [2.45, 2.75) is 38.6 Å². The third-order valence-electron chi connectivity index (χ3n) is 3.05. The molecule has 0 spiro atoms. The summed E-state index contributed by atoms with van der Waals surface area (Å²) in [6, 6.07) is -0.353. The Morgan fingerprint density at radius 2 is 2.30 bits per heavy atom. The summed E-state index contributed by atoms with van der Waals surface area (Å²) in [6.45, 7) is 3.75. The van der Waals surface area contributed by atoms with E-state index in [1.54, 1.807) is 11.8 Å². The van der Waals surface area contributed by atoms with Crippen molar-refractivity contribution >= 4 is 5.91 Å². The molecular weight excluding hydrogens is 258 g/mol. The molecule has 3 N–H and O–H groups in total. The van der Waals surface area contributed by atoms with E-state index in [0.29, 0.717) is 19.7 Å². The number of methoxy groups -OCH3 is 1. The molecule has 0 saturated heterocycles. The van der Waals surface area contributed by atoms with Gasteiger partial charge in [0.25, 0.3) is 0 Å². The fourth-order valence-corrected chi connectivity index (χ4v) is 1.76. The lowest BCUT2D eigenvalue weighted by atomic mass is 10.2. The van der Waals surface area contributed by atoms with E-state index in [1.165, 1.54) is 0 Å². The third-order valence-corrected chi connectivity index (χ3v) is 3.05. The lowest BCUT2D eigenvalue weighted by molar-refractivity contribution is -0.124. The number of hydrogen-bond donors (Lipinski definition) is 2. The fourth-order valence-electron chi connectivity index (χ4n) is 1.76. The summed E-state index contributed by atoms with van der Waals surface area (Å²) in [7, 11) is 1.64. The van der Waals surface area contributed by atoms with E-state index in [9.17, 15) is 4.79 Å². The Bertz CT molecular complexity index is 394. The van der Waals surface area contributed by atoms with Gasteiger partial charge in [-0.3, -0.25) is 4.79 Å². The number of carbonyl (C=O) groups is 1. The number of aromatic nitrogens is 3. The highest BCUT2D eigenvalue weighted by Gasteiger charge is 2.15. The molecule has 0 bridgehead atoms. The summed E-state index contributed by atoms with van der Waals surface area (Å²) in [6.07, 6.45) is 5.45. The van der Waals surface area contributed by atoms with E-state index in [4.69, 9.17) is 10.5 Å². The van der Waals surface area contributed by atoms with Crippen molar-refractivity contribution in [2.75, 3.05) is 26.8 Å². The average Bonchev–Trinajstić information content (AvgIpc) is 2.91. The SMILES string of the molecule is COCCCNC(=O)C(C)n1cc(CCCCN)nn1. The molecule has 0 fully saturated rings. The predicted octanol–water partition coefficient (Wildman–Crippen LogP) is 0.273. The molecule has 1 aromatic heterocycles. The molecule has 1 rings (SSSR count). The van der Waals surface area contributed by atoms with Crippen molar-refractivity contribution in [3.63, 3.8) is 0 Å². The van der Waals surface area contributed by atoms with Crippen molar-refractivity contribution in [3.05, 3.63) is 11.9 Å². The zero-order valence-electron chi connectivity index (χ0n) is 12.3. The molecule has 1 aromatic rings. The molecule has 7 nitrogen and oxygen atoms in total. The quantitative estimate of drug-likeness (QED) is 0.601. The van der Waals surface area contributed by atoms with Gasteiger partial charge in [0.05, 0.1) is 5.69 Å². The van der Waals surface area contributed by atoms with E-state index >= 15 is 0 Å². The highest BCUT2D eigenvalue weighted by Crippen LogP contribution is 2.07. The molecule has 1 unspecified atom stereocenters. The van der Waals surface area contributed by atoms with Crippen LogP contribution in [0, 0.1) is 0 Å². The zero-order chi connectivity index (χ0) is 14.8. The second-order valence-electron chi connectivity index (χ2n) is 4.75. The number of unbranched alkanes of at least 4 members (excludes halogenated alkanes) is 1. The lowest BCUT2D eigenvalue weighted by Crippen LogP contribution is -2.32. The van der Waals surface area contributed by atoms with Crippen LogP contribution in [0.15, 0.2) is 6.20 Å². The molecule has 0 radical (unpaired) electrons. The molecule has 20 heavy (non-hydrogen) atoms. The van der Waals surface area contributed by atoms with Crippen molar-refractivity contribution in [3.8, 4) is 0 Å². The zero-order valence-corrected chi connectivity index (χ0v) is 12.3. The first-order valence-electron chi connectivity index (χ1n) is 7.06. The second kappa shape index (κ2) is 9.44. The van der Waals surface area contributed by atoms with Gasteiger partial charge >= 0.3 is 0 Å². The standard InChI is InChI=1S/C13H25N5O2/c1-11(13(19)15-8-5-9-20-2)18-10-12(16-17-18)6-3-4-7-14/h10-11H,3-9,14H2,1-2H3,(H,15,19). The summed E-state index contributed by atoms with van der Waals surface area (Å²) in [4.78, 5) is 11.9. The molecule has 1 atom stereocenters. The number of carbonyl (C=O) groups excluding carboxylic acids is 1. The molecular formula is C13H25N5O2. The first-order chi connectivity index (χ1) is 9.69. The van der Waals surface area contributed by atoms with Gasteiger partial charge in [0.2, 0.25) is 5.91 Å². The van der Waals surface area contributed by atoms with Gasteiger partial charge in [0.15, 0.2) is 0 Å². The summed E-state index contributed by atoms with van der Waals surface area (Å²) < 4.78 is 6.53. The van der Waals surface area contributed by atoms with Crippen molar-refractivity contribution < 1.29 is 9.53 Å². The molecule has 0 aliphatic heterocycles. The van der Waals surface area contributed by atoms with Crippen LogP contribution in [0.4, 0.5) is 0 Å². The molecule has 7 heteroatoms. The molecule has 1 heterocycles. The Morgan fingerprint density at radius 3 is 3.00 bits per heavy atom. The van der Waals surface area contributed by atoms with Gasteiger partial charge in [-0.2, -0.15) is 0 Å². The number of nitrogens with one attached hydrogen (secondary N) is 1. The van der Waals surface area contributed by atoms with Gasteiger partial charge in [-0.25, -0.2) is 4.68 Å². The van der Waals surface area contributed by atoms with E-state index in [-0.39, 0.29) is 11.9 Å². The number of hydrogen-bond acceptors (Lipinski definition) is 5. The molecule has 0 aromatic carbocycles. The maximum absolute atomic E-state index is 11.9. The first-order valence-corrected chi connectivity index (χ1v) is 7.06. The maximum atomic E-state index is 11.9. The van der Waals surface area contributed by atoms with Gasteiger partial charge in [-0.15, -0.1) is 5.10 Å². The van der Waals surface area contributed by atoms with E-state index in [0.717, 1.165) is 31.4 Å². The van der Waals surface area contributed by atoms with Gasteiger partial charge in [0, 0.05) is 26.5 Å². The van der Waals surface area contributed by atoms with Crippen LogP contribution in [-0.4, -0.2) is 47.7 Å². The number of nitrogens with two attached hydrogens (primary N) is 1. The lowest BCUT2D eigenvalue weighted by Gasteiger charge is -2.11. The third kappa shape index (κ3) is 5.66. The largest absolute Gasteiger partial charge is 0.385 e. The number of rotatable bonds is 10. The Morgan fingerprint density at radius 1 is 1.50 bits per heavy atom. The van der Waals surface area contributed by atoms with Crippen LogP contribution in [0.5, 0.6) is 0 Å². The second-order valence-corrected chi connectivity index (χ2v) is 4.75. The van der Waals surface area contributed by atoms with Crippen LogP contribution in [-0.2, 0) is 16.0 Å². The summed E-state index contributed by atoms with van der Waals surface area (Å²) in [5, 5.41) is 10.9. The van der Waals surface area contributed by atoms with Crippen LogP contribution in [0.25, 0.3) is 0 Å². The first kappa shape index (κ1) is 16.6. The number of amides is 1. The topological polar surface area (TPSA) is 95.1 Å². The minimum Gasteiger partial charge on any atom is -0.385 e. The van der Waals surface area contributed by atoms with E-state index < -0.39 is 0 Å². The van der Waals surface area contributed by atoms with E-state index in [2.05, 4.69) is 15.6 Å². The molecule has 0 aliphatic rings. The Kier molecular flexibility index (Phi) is 7.82. The Balaban J connectivity index is 2.38. The summed E-state index contributed by atoms with van der Waals surface area (Å²) in [5.41, 5.74) is 6.35. The van der Waals surface area contributed by atoms with Crippen LogP contribution in [0.1, 0.15) is 37.9 Å². The molecule has 0 saturated carbocycles.